The maximum Gasteiger partial charge on any atom is 0.424 e. The minimum atomic E-state index is 0.346. The maximum absolute atomic E-state index is 10.2. The Hall–Kier alpha value is -0.620. The molecule has 0 saturated carbocycles. The van der Waals surface area contributed by atoms with E-state index in [0.717, 1.165) is 6.42 Å². The Morgan fingerprint density at radius 1 is 1.45 bits per heavy atom. The third-order valence-corrected chi connectivity index (χ3v) is 2.03. The molecule has 0 rings (SSSR count). The minimum Gasteiger partial charge on any atom is -0.159 e. The predicted molar refractivity (Wildman–Crippen MR) is 45.5 cm³/mol. The van der Waals surface area contributed by atoms with Gasteiger partial charge in [0.25, 0.3) is 0 Å². The first-order valence-corrected chi connectivity index (χ1v) is 4.33. The quantitative estimate of drug-likeness (QED) is 0.258. The first-order chi connectivity index (χ1) is 5.22. The fraction of sp³-hybridized carbons (Fsp3) is 0.889. The largest absolute Gasteiger partial charge is 0.424 e. The molecule has 0 heterocycles. The molecule has 11 heavy (non-hydrogen) atoms. The summed E-state index contributed by atoms with van der Waals surface area (Å²) in [5.41, 5.74) is 0. The fourth-order valence-corrected chi connectivity index (χ4v) is 0.973. The van der Waals surface area contributed by atoms with Crippen molar-refractivity contribution < 1.29 is 9.37 Å². The van der Waals surface area contributed by atoms with Crippen molar-refractivity contribution in [2.24, 2.45) is 0 Å². The van der Waals surface area contributed by atoms with E-state index in [9.17, 15) is 4.79 Å². The van der Waals surface area contributed by atoms with Crippen LogP contribution in [0.2, 0.25) is 0 Å². The average molecular weight is 156 g/mol. The van der Waals surface area contributed by atoms with Crippen LogP contribution in [0.5, 0.6) is 0 Å². The second-order valence-electron chi connectivity index (χ2n) is 3.05. The summed E-state index contributed by atoms with van der Waals surface area (Å²) in [7, 11) is 1.78. The summed E-state index contributed by atoms with van der Waals surface area (Å²) in [6.07, 6.45) is 6.68. The Balaban J connectivity index is 3.52. The van der Waals surface area contributed by atoms with E-state index in [4.69, 9.17) is 0 Å². The summed E-state index contributed by atoms with van der Waals surface area (Å²) in [5, 5.41) is 0. The summed E-state index contributed by atoms with van der Waals surface area (Å²) >= 11 is 0. The molecule has 0 aromatic rings. The zero-order chi connectivity index (χ0) is 8.69. The van der Waals surface area contributed by atoms with Gasteiger partial charge in [0, 0.05) is 6.42 Å². The third-order valence-electron chi connectivity index (χ3n) is 2.03. The van der Waals surface area contributed by atoms with E-state index in [1.807, 2.05) is 6.08 Å². The van der Waals surface area contributed by atoms with Gasteiger partial charge in [-0.15, -0.1) is 0 Å². The van der Waals surface area contributed by atoms with E-state index >= 15 is 0 Å². The summed E-state index contributed by atoms with van der Waals surface area (Å²) in [5.74, 6) is 0. The molecule has 0 radical (unpaired) electrons. The summed E-state index contributed by atoms with van der Waals surface area (Å²) in [6.45, 7) is 4.24. The second-order valence-corrected chi connectivity index (χ2v) is 3.05. The van der Waals surface area contributed by atoms with Gasteiger partial charge in [-0.25, -0.2) is 0 Å². The predicted octanol–water partition coefficient (Wildman–Crippen LogP) is 1.93. The highest BCUT2D eigenvalue weighted by Gasteiger charge is 2.09. The van der Waals surface area contributed by atoms with Crippen LogP contribution in [-0.2, 0) is 4.79 Å². The van der Waals surface area contributed by atoms with Crippen LogP contribution in [0.4, 0.5) is 0 Å². The van der Waals surface area contributed by atoms with Crippen LogP contribution in [0.1, 0.15) is 39.5 Å². The van der Waals surface area contributed by atoms with Crippen molar-refractivity contribution in [1.29, 1.82) is 0 Å². The molecule has 0 aromatic carbocycles. The summed E-state index contributed by atoms with van der Waals surface area (Å²) < 4.78 is 1.61. The van der Waals surface area contributed by atoms with E-state index in [1.54, 1.807) is 11.6 Å². The van der Waals surface area contributed by atoms with E-state index in [-0.39, 0.29) is 0 Å². The van der Waals surface area contributed by atoms with Crippen molar-refractivity contribution in [1.82, 2.24) is 0 Å². The lowest BCUT2D eigenvalue weighted by molar-refractivity contribution is -0.532. The van der Waals surface area contributed by atoms with Crippen molar-refractivity contribution in [2.75, 3.05) is 7.05 Å². The Bertz CT molecular complexity index is 148. The van der Waals surface area contributed by atoms with Crippen LogP contribution in [0.3, 0.4) is 0 Å². The number of hydrogen-bond acceptors (Lipinski definition) is 1. The number of rotatable bonds is 5. The summed E-state index contributed by atoms with van der Waals surface area (Å²) in [6, 6.07) is 0.346. The second kappa shape index (κ2) is 6.11. The SMILES string of the molecule is CCCCCC(C)[N+](C)=C=O. The normalized spacial score (nSPS) is 12.3. The molecular weight excluding hydrogens is 138 g/mol. The van der Waals surface area contributed by atoms with Crippen molar-refractivity contribution in [3.63, 3.8) is 0 Å². The lowest BCUT2D eigenvalue weighted by atomic mass is 10.1. The van der Waals surface area contributed by atoms with E-state index < -0.39 is 0 Å². The molecule has 0 aliphatic rings. The summed E-state index contributed by atoms with van der Waals surface area (Å²) in [4.78, 5) is 10.2. The number of carbonyl (C=O) groups excluding carboxylic acids is 1. The molecule has 64 valence electrons. The zero-order valence-electron chi connectivity index (χ0n) is 7.76. The van der Waals surface area contributed by atoms with Gasteiger partial charge in [-0.1, -0.05) is 19.8 Å². The lowest BCUT2D eigenvalue weighted by Gasteiger charge is -2.02. The van der Waals surface area contributed by atoms with Gasteiger partial charge in [-0.3, -0.25) is 0 Å². The Morgan fingerprint density at radius 3 is 2.55 bits per heavy atom. The smallest absolute Gasteiger partial charge is 0.159 e. The van der Waals surface area contributed by atoms with Gasteiger partial charge >= 0.3 is 6.08 Å². The highest BCUT2D eigenvalue weighted by atomic mass is 16.1. The van der Waals surface area contributed by atoms with E-state index in [1.165, 1.54) is 19.3 Å². The van der Waals surface area contributed by atoms with Crippen molar-refractivity contribution in [2.45, 2.75) is 45.6 Å². The number of hydrogen-bond donors (Lipinski definition) is 0. The topological polar surface area (TPSA) is 20.1 Å². The van der Waals surface area contributed by atoms with Gasteiger partial charge in [0.1, 0.15) is 7.05 Å². The number of nitrogens with zero attached hydrogens (tertiary/aromatic N) is 1. The molecule has 0 aliphatic carbocycles. The Labute approximate surface area is 68.9 Å². The maximum atomic E-state index is 10.2. The fourth-order valence-electron chi connectivity index (χ4n) is 0.973. The molecule has 1 atom stereocenters. The molecule has 0 N–H and O–H groups in total. The van der Waals surface area contributed by atoms with Crippen molar-refractivity contribution in [3.8, 4) is 0 Å². The van der Waals surface area contributed by atoms with E-state index in [0.29, 0.717) is 6.04 Å². The Kier molecular flexibility index (Phi) is 5.77. The highest BCUT2D eigenvalue weighted by Crippen LogP contribution is 2.04. The third kappa shape index (κ3) is 4.74. The molecule has 0 saturated heterocycles. The van der Waals surface area contributed by atoms with Crippen molar-refractivity contribution >= 4 is 6.08 Å². The number of isocyanates is 1. The lowest BCUT2D eigenvalue weighted by Crippen LogP contribution is -2.18. The molecule has 0 bridgehead atoms. The molecule has 2 heteroatoms. The number of unbranched alkanes of at least 4 members (excludes halogenated alkanes) is 2. The van der Waals surface area contributed by atoms with Crippen LogP contribution in [0, 0.1) is 0 Å². The van der Waals surface area contributed by atoms with Gasteiger partial charge < -0.3 is 0 Å². The van der Waals surface area contributed by atoms with Crippen LogP contribution in [0.15, 0.2) is 0 Å². The van der Waals surface area contributed by atoms with Gasteiger partial charge in [-0.2, -0.15) is 9.37 Å². The zero-order valence-corrected chi connectivity index (χ0v) is 7.76. The van der Waals surface area contributed by atoms with Crippen molar-refractivity contribution in [3.05, 3.63) is 0 Å². The molecule has 0 fully saturated rings. The van der Waals surface area contributed by atoms with E-state index in [2.05, 4.69) is 13.8 Å². The Morgan fingerprint density at radius 2 is 2.09 bits per heavy atom. The highest BCUT2D eigenvalue weighted by molar-refractivity contribution is 5.24. The first kappa shape index (κ1) is 10.4. The first-order valence-electron chi connectivity index (χ1n) is 4.33. The van der Waals surface area contributed by atoms with Crippen LogP contribution < -0.4 is 0 Å². The van der Waals surface area contributed by atoms with Gasteiger partial charge in [0.2, 0.25) is 0 Å². The van der Waals surface area contributed by atoms with Gasteiger partial charge in [-0.05, 0) is 13.3 Å². The molecule has 0 aliphatic heterocycles. The monoisotopic (exact) mass is 156 g/mol. The van der Waals surface area contributed by atoms with Crippen LogP contribution >= 0.6 is 0 Å². The van der Waals surface area contributed by atoms with Gasteiger partial charge in [0.05, 0.1) is 0 Å². The standard InChI is InChI=1S/C9H18NO/c1-4-5-6-7-9(2)10(3)8-11/h9H,4-7H2,1-3H3/q+1. The molecule has 1 unspecified atom stereocenters. The molecule has 0 amide bonds. The molecule has 2 nitrogen and oxygen atoms in total. The van der Waals surface area contributed by atoms with Gasteiger partial charge in [0.15, 0.2) is 6.04 Å². The van der Waals surface area contributed by atoms with Crippen LogP contribution in [-0.4, -0.2) is 23.7 Å². The molecule has 0 aromatic heterocycles. The molecule has 0 spiro atoms. The van der Waals surface area contributed by atoms with Crippen LogP contribution in [0.25, 0.3) is 0 Å². The molecular formula is C9H18NO+. The minimum absolute atomic E-state index is 0.346. The average Bonchev–Trinajstić information content (AvgIpc) is 2.03.